The number of hydrogen-bond donors (Lipinski definition) is 0. The van der Waals surface area contributed by atoms with Gasteiger partial charge < -0.3 is 9.47 Å². The molecule has 3 aromatic rings. The van der Waals surface area contributed by atoms with Crippen LogP contribution < -0.4 is 0 Å². The molecule has 0 N–H and O–H groups in total. The maximum Gasteiger partial charge on any atom is 0.242 e. The lowest BCUT2D eigenvalue weighted by Gasteiger charge is -2.30. The van der Waals surface area contributed by atoms with E-state index in [0.717, 1.165) is 61.5 Å². The second-order valence-corrected chi connectivity index (χ2v) is 7.65. The predicted octanol–water partition coefficient (Wildman–Crippen LogP) is 4.08. The molecule has 0 bridgehead atoms. The molecular weight excluding hydrogens is 334 g/mol. The van der Waals surface area contributed by atoms with Crippen LogP contribution in [0.3, 0.4) is 0 Å². The van der Waals surface area contributed by atoms with Crippen LogP contribution in [0.4, 0.5) is 0 Å². The Morgan fingerprint density at radius 2 is 1.70 bits per heavy atom. The Labute approximate surface area is 160 Å². The third-order valence-electron chi connectivity index (χ3n) is 5.64. The maximum atomic E-state index is 12.9. The Balaban J connectivity index is 1.55. The van der Waals surface area contributed by atoms with Gasteiger partial charge in [-0.2, -0.15) is 0 Å². The molecule has 27 heavy (non-hydrogen) atoms. The molecule has 2 aromatic carbocycles. The molecule has 0 aliphatic carbocycles. The molecule has 4 rings (SSSR count). The van der Waals surface area contributed by atoms with Gasteiger partial charge in [-0.1, -0.05) is 49.4 Å². The number of carbonyl (C=O) groups is 1. The quantitative estimate of drug-likeness (QED) is 0.687. The lowest BCUT2D eigenvalue weighted by Crippen LogP contribution is -2.39. The standard InChI is InChI=1S/C23H27N3O/c1-18-13-15-25(16-14-18)23(27)17-26-21-10-6-5-9-20(21)24-22(26)12-11-19-7-3-2-4-8-19/h2-10,18H,11-17H2,1H3. The Morgan fingerprint density at radius 1 is 1.00 bits per heavy atom. The van der Waals surface area contributed by atoms with E-state index < -0.39 is 0 Å². The van der Waals surface area contributed by atoms with E-state index in [0.29, 0.717) is 6.54 Å². The lowest BCUT2D eigenvalue weighted by molar-refractivity contribution is -0.133. The number of amides is 1. The van der Waals surface area contributed by atoms with Crippen molar-refractivity contribution in [2.24, 2.45) is 5.92 Å². The average molecular weight is 361 g/mol. The van der Waals surface area contributed by atoms with Gasteiger partial charge in [0.05, 0.1) is 11.0 Å². The van der Waals surface area contributed by atoms with Gasteiger partial charge in [0.15, 0.2) is 0 Å². The molecule has 4 heteroatoms. The number of rotatable bonds is 5. The zero-order valence-corrected chi connectivity index (χ0v) is 16.0. The number of para-hydroxylation sites is 2. The van der Waals surface area contributed by atoms with E-state index in [1.54, 1.807) is 0 Å². The summed E-state index contributed by atoms with van der Waals surface area (Å²) >= 11 is 0. The van der Waals surface area contributed by atoms with Gasteiger partial charge >= 0.3 is 0 Å². The van der Waals surface area contributed by atoms with Crippen LogP contribution in [0.15, 0.2) is 54.6 Å². The Kier molecular flexibility index (Phi) is 5.23. The summed E-state index contributed by atoms with van der Waals surface area (Å²) in [5, 5.41) is 0. The molecule has 1 fully saturated rings. The normalized spacial score (nSPS) is 15.4. The summed E-state index contributed by atoms with van der Waals surface area (Å²) in [6.07, 6.45) is 3.98. The molecular formula is C23H27N3O. The van der Waals surface area contributed by atoms with Gasteiger partial charge in [0, 0.05) is 19.5 Å². The molecule has 1 aliphatic heterocycles. The highest BCUT2D eigenvalue weighted by Crippen LogP contribution is 2.20. The fraction of sp³-hybridized carbons (Fsp3) is 0.391. The number of likely N-dealkylation sites (tertiary alicyclic amines) is 1. The molecule has 0 radical (unpaired) electrons. The first-order valence-corrected chi connectivity index (χ1v) is 9.96. The predicted molar refractivity (Wildman–Crippen MR) is 109 cm³/mol. The number of fused-ring (bicyclic) bond motifs is 1. The molecule has 0 atom stereocenters. The van der Waals surface area contributed by atoms with Gasteiger partial charge in [0.1, 0.15) is 12.4 Å². The third-order valence-corrected chi connectivity index (χ3v) is 5.64. The number of aromatic nitrogens is 2. The average Bonchev–Trinajstić information content (AvgIpc) is 3.05. The highest BCUT2D eigenvalue weighted by atomic mass is 16.2. The van der Waals surface area contributed by atoms with Crippen molar-refractivity contribution in [3.63, 3.8) is 0 Å². The van der Waals surface area contributed by atoms with Crippen molar-refractivity contribution < 1.29 is 4.79 Å². The van der Waals surface area contributed by atoms with Crippen molar-refractivity contribution in [2.75, 3.05) is 13.1 Å². The molecule has 4 nitrogen and oxygen atoms in total. The summed E-state index contributed by atoms with van der Waals surface area (Å²) in [7, 11) is 0. The monoisotopic (exact) mass is 361 g/mol. The number of imidazole rings is 1. The molecule has 0 spiro atoms. The first kappa shape index (κ1) is 17.8. The molecule has 0 saturated carbocycles. The van der Waals surface area contributed by atoms with Gasteiger partial charge in [0.25, 0.3) is 0 Å². The Morgan fingerprint density at radius 3 is 2.48 bits per heavy atom. The molecule has 1 saturated heterocycles. The summed E-state index contributed by atoms with van der Waals surface area (Å²) in [4.78, 5) is 19.8. The number of benzene rings is 2. The molecule has 140 valence electrons. The molecule has 1 amide bonds. The fourth-order valence-electron chi connectivity index (χ4n) is 3.89. The second-order valence-electron chi connectivity index (χ2n) is 7.65. The number of hydrogen-bond acceptors (Lipinski definition) is 2. The van der Waals surface area contributed by atoms with Gasteiger partial charge in [-0.15, -0.1) is 0 Å². The summed E-state index contributed by atoms with van der Waals surface area (Å²) in [6.45, 7) is 4.42. The largest absolute Gasteiger partial charge is 0.341 e. The summed E-state index contributed by atoms with van der Waals surface area (Å²) < 4.78 is 2.12. The van der Waals surface area contributed by atoms with Crippen LogP contribution in [-0.2, 0) is 24.2 Å². The highest BCUT2D eigenvalue weighted by Gasteiger charge is 2.22. The first-order valence-electron chi connectivity index (χ1n) is 9.96. The van der Waals surface area contributed by atoms with E-state index in [4.69, 9.17) is 4.98 Å². The van der Waals surface area contributed by atoms with Crippen LogP contribution in [0, 0.1) is 5.92 Å². The number of carbonyl (C=O) groups excluding carboxylic acids is 1. The van der Waals surface area contributed by atoms with E-state index >= 15 is 0 Å². The third kappa shape index (κ3) is 4.05. The summed E-state index contributed by atoms with van der Waals surface area (Å²) in [5.41, 5.74) is 3.33. The van der Waals surface area contributed by atoms with E-state index in [2.05, 4.69) is 41.8 Å². The molecule has 1 aromatic heterocycles. The van der Waals surface area contributed by atoms with Gasteiger partial charge in [0.2, 0.25) is 5.91 Å². The smallest absolute Gasteiger partial charge is 0.242 e. The lowest BCUT2D eigenvalue weighted by atomic mass is 9.99. The van der Waals surface area contributed by atoms with Crippen molar-refractivity contribution in [3.05, 3.63) is 66.0 Å². The first-order chi connectivity index (χ1) is 13.2. The van der Waals surface area contributed by atoms with Crippen molar-refractivity contribution in [1.82, 2.24) is 14.5 Å². The molecule has 1 aliphatic rings. The van der Waals surface area contributed by atoms with Crippen molar-refractivity contribution in [2.45, 2.75) is 39.2 Å². The van der Waals surface area contributed by atoms with Crippen molar-refractivity contribution in [3.8, 4) is 0 Å². The van der Waals surface area contributed by atoms with E-state index in [1.165, 1.54) is 5.56 Å². The zero-order valence-electron chi connectivity index (χ0n) is 16.0. The minimum absolute atomic E-state index is 0.214. The van der Waals surface area contributed by atoms with Gasteiger partial charge in [-0.25, -0.2) is 4.98 Å². The van der Waals surface area contributed by atoms with Crippen LogP contribution in [0.25, 0.3) is 11.0 Å². The van der Waals surface area contributed by atoms with E-state index in [1.807, 2.05) is 29.2 Å². The number of nitrogens with zero attached hydrogens (tertiary/aromatic N) is 3. The van der Waals surface area contributed by atoms with Crippen molar-refractivity contribution in [1.29, 1.82) is 0 Å². The SMILES string of the molecule is CC1CCN(C(=O)Cn2c(CCc3ccccc3)nc3ccccc32)CC1. The van der Waals surface area contributed by atoms with Crippen LogP contribution in [0.1, 0.15) is 31.2 Å². The summed E-state index contributed by atoms with van der Waals surface area (Å²) in [5.74, 6) is 1.94. The topological polar surface area (TPSA) is 38.1 Å². The minimum atomic E-state index is 0.214. The number of aryl methyl sites for hydroxylation is 2. The van der Waals surface area contributed by atoms with Crippen LogP contribution in [-0.4, -0.2) is 33.4 Å². The Bertz CT molecular complexity index is 908. The number of piperidine rings is 1. The minimum Gasteiger partial charge on any atom is -0.341 e. The highest BCUT2D eigenvalue weighted by molar-refractivity contribution is 5.81. The van der Waals surface area contributed by atoms with Gasteiger partial charge in [-0.3, -0.25) is 4.79 Å². The second kappa shape index (κ2) is 7.95. The maximum absolute atomic E-state index is 12.9. The van der Waals surface area contributed by atoms with Gasteiger partial charge in [-0.05, 0) is 42.9 Å². The molecule has 0 unspecified atom stereocenters. The van der Waals surface area contributed by atoms with Crippen LogP contribution in [0.2, 0.25) is 0 Å². The van der Waals surface area contributed by atoms with E-state index in [9.17, 15) is 4.79 Å². The van der Waals surface area contributed by atoms with Crippen molar-refractivity contribution >= 4 is 16.9 Å². The molecule has 2 heterocycles. The fourth-order valence-corrected chi connectivity index (χ4v) is 3.89. The van der Waals surface area contributed by atoms with Crippen LogP contribution in [0.5, 0.6) is 0 Å². The Hall–Kier alpha value is -2.62. The summed E-state index contributed by atoms with van der Waals surface area (Å²) in [6, 6.07) is 18.6. The zero-order chi connectivity index (χ0) is 18.6. The van der Waals surface area contributed by atoms with Crippen LogP contribution >= 0.6 is 0 Å². The van der Waals surface area contributed by atoms with E-state index in [-0.39, 0.29) is 5.91 Å².